The van der Waals surface area contributed by atoms with E-state index in [1.165, 1.54) is 18.2 Å². The van der Waals surface area contributed by atoms with Gasteiger partial charge in [0.1, 0.15) is 0 Å². The molecule has 29 heavy (non-hydrogen) atoms. The summed E-state index contributed by atoms with van der Waals surface area (Å²) in [5.74, 6) is -1.10. The Balaban J connectivity index is 1.81. The molecule has 0 bridgehead atoms. The van der Waals surface area contributed by atoms with Crippen molar-refractivity contribution in [2.75, 3.05) is 24.9 Å². The lowest BCUT2D eigenvalue weighted by atomic mass is 10.0. The lowest BCUT2D eigenvalue weighted by Crippen LogP contribution is -2.26. The van der Waals surface area contributed by atoms with Crippen LogP contribution in [0.1, 0.15) is 34.3 Å². The Kier molecular flexibility index (Phi) is 4.16. The molecule has 0 aromatic heterocycles. The molecule has 0 unspecified atom stereocenters. The van der Waals surface area contributed by atoms with Gasteiger partial charge in [-0.3, -0.25) is 0 Å². The van der Waals surface area contributed by atoms with Crippen LogP contribution in [0.15, 0.2) is 72.7 Å². The van der Waals surface area contributed by atoms with E-state index in [-0.39, 0.29) is 11.3 Å². The molecule has 0 aliphatic heterocycles. The molecule has 150 valence electrons. The van der Waals surface area contributed by atoms with E-state index in [2.05, 4.69) is 10.6 Å². The summed E-state index contributed by atoms with van der Waals surface area (Å²) >= 11 is 5.82. The van der Waals surface area contributed by atoms with E-state index in [4.69, 9.17) is 23.9 Å². The van der Waals surface area contributed by atoms with Crippen LogP contribution in [0.4, 0.5) is 5.69 Å². The van der Waals surface area contributed by atoms with Crippen LogP contribution in [0, 0.1) is 0 Å². The molecule has 0 saturated carbocycles. The topological polar surface area (TPSA) is 81.6 Å². The molecular formula is C23H23ClN2O3. The van der Waals surface area contributed by atoms with Gasteiger partial charge in [0.25, 0.3) is 0 Å². The maximum atomic E-state index is 11.3. The second kappa shape index (κ2) is 10.1. The monoisotopic (exact) mass is 419 g/mol. The van der Waals surface area contributed by atoms with Crippen molar-refractivity contribution in [2.24, 2.45) is 0 Å². The number of halogens is 1. The highest BCUT2D eigenvalue weighted by Crippen LogP contribution is 2.23. The van der Waals surface area contributed by atoms with E-state index < -0.39 is 66.3 Å². The van der Waals surface area contributed by atoms with Gasteiger partial charge in [-0.2, -0.15) is 0 Å². The number of benzene rings is 3. The van der Waals surface area contributed by atoms with Crippen LogP contribution in [0.2, 0.25) is 5.02 Å². The minimum atomic E-state index is -3.35. The van der Waals surface area contributed by atoms with Crippen molar-refractivity contribution < 1.29 is 27.3 Å². The Morgan fingerprint density at radius 1 is 1.21 bits per heavy atom. The van der Waals surface area contributed by atoms with Gasteiger partial charge in [-0.1, -0.05) is 48.0 Å². The molecule has 0 radical (unpaired) electrons. The number of carboxylic acids is 1. The highest BCUT2D eigenvalue weighted by Gasteiger charge is 2.07. The minimum Gasteiger partial charge on any atom is -0.478 e. The third-order valence-corrected chi connectivity index (χ3v) is 3.94. The van der Waals surface area contributed by atoms with E-state index in [0.29, 0.717) is 11.1 Å². The molecule has 0 spiro atoms. The van der Waals surface area contributed by atoms with E-state index in [9.17, 15) is 15.0 Å². The number of rotatable bonds is 9. The largest absolute Gasteiger partial charge is 0.478 e. The van der Waals surface area contributed by atoms with Crippen molar-refractivity contribution in [3.8, 4) is 11.1 Å². The summed E-state index contributed by atoms with van der Waals surface area (Å²) < 4.78 is 72.4. The summed E-state index contributed by atoms with van der Waals surface area (Å²) in [6.07, 6.45) is -3.35. The molecule has 3 aromatic carbocycles. The third-order valence-electron chi connectivity index (χ3n) is 3.75. The zero-order chi connectivity index (χ0) is 28.6. The zero-order valence-corrected chi connectivity index (χ0v) is 15.8. The first-order valence-electron chi connectivity index (χ1n) is 12.9. The number of carboxylic acid groups (broad SMARTS) is 1. The molecule has 0 fully saturated rings. The van der Waals surface area contributed by atoms with Crippen LogP contribution in [0.25, 0.3) is 11.1 Å². The molecule has 5 nitrogen and oxygen atoms in total. The molecule has 0 amide bonds. The number of hydrogen-bond acceptors (Lipinski definition) is 4. The fourth-order valence-corrected chi connectivity index (χ4v) is 2.57. The van der Waals surface area contributed by atoms with Gasteiger partial charge < -0.3 is 20.8 Å². The lowest BCUT2D eigenvalue weighted by Gasteiger charge is -2.13. The fraction of sp³-hybridized carbons (Fsp3) is 0.174. The Morgan fingerprint density at radius 3 is 2.76 bits per heavy atom. The van der Waals surface area contributed by atoms with E-state index in [0.717, 1.165) is 0 Å². The van der Waals surface area contributed by atoms with E-state index in [1.54, 1.807) is 30.3 Å². The predicted molar refractivity (Wildman–Crippen MR) is 117 cm³/mol. The maximum absolute atomic E-state index is 11.3. The number of nitrogens with one attached hydrogen (secondary N) is 2. The van der Waals surface area contributed by atoms with Crippen molar-refractivity contribution in [3.63, 3.8) is 0 Å². The van der Waals surface area contributed by atoms with Crippen LogP contribution in [0.5, 0.6) is 0 Å². The van der Waals surface area contributed by atoms with Crippen LogP contribution in [-0.4, -0.2) is 35.7 Å². The van der Waals surface area contributed by atoms with Gasteiger partial charge in [-0.15, -0.1) is 0 Å². The SMILES string of the molecule is [2H]c1c([2H])c(Cl)c([2H])c([C@]([2H])(O)C([2H])([2H])NCC([2H])([2H])Nc2cccc(-c3cccc(C(=O)O)c3)c2)c1[2H]. The number of aromatic carboxylic acids is 1. The van der Waals surface area contributed by atoms with Gasteiger partial charge in [-0.05, 0) is 53.0 Å². The molecule has 0 heterocycles. The van der Waals surface area contributed by atoms with Crippen molar-refractivity contribution in [1.82, 2.24) is 5.32 Å². The van der Waals surface area contributed by atoms with Gasteiger partial charge in [0, 0.05) is 33.0 Å². The predicted octanol–water partition coefficient (Wildman–Crippen LogP) is 4.44. The number of hydrogen-bond donors (Lipinski definition) is 4. The summed E-state index contributed by atoms with van der Waals surface area (Å²) in [5, 5.41) is 24.0. The second-order valence-corrected chi connectivity index (χ2v) is 6.16. The average molecular weight is 420 g/mol. The van der Waals surface area contributed by atoms with Crippen molar-refractivity contribution in [1.29, 1.82) is 0 Å². The van der Waals surface area contributed by atoms with Crippen LogP contribution in [-0.2, 0) is 0 Å². The summed E-state index contributed by atoms with van der Waals surface area (Å²) in [6, 6.07) is 9.33. The summed E-state index contributed by atoms with van der Waals surface area (Å²) in [6.45, 7) is -6.27. The Bertz CT molecular complexity index is 1360. The molecular weight excluding hydrogens is 388 g/mol. The van der Waals surface area contributed by atoms with Crippen LogP contribution in [0.3, 0.4) is 0 Å². The van der Waals surface area contributed by atoms with Gasteiger partial charge >= 0.3 is 5.97 Å². The standard InChI is InChI=1S/C23H23ClN2O3/c24-20-8-2-6-18(13-20)22(27)15-25-10-11-26-21-9-3-5-17(14-21)16-4-1-7-19(12-16)23(28)29/h1-9,12-14,22,25-27H,10-11,15H2,(H,28,29)/t22-/m1/s1/i2D,6D,8D,11D2,13D,15D2,22D. The lowest BCUT2D eigenvalue weighted by molar-refractivity contribution is 0.0697. The molecule has 0 aliphatic carbocycles. The number of aliphatic hydroxyl groups is 1. The average Bonchev–Trinajstić information content (AvgIpc) is 2.85. The normalized spacial score (nSPS) is 18.3. The smallest absolute Gasteiger partial charge is 0.335 e. The van der Waals surface area contributed by atoms with Gasteiger partial charge in [-0.25, -0.2) is 4.79 Å². The van der Waals surface area contributed by atoms with Crippen LogP contribution < -0.4 is 10.6 Å². The fourth-order valence-electron chi connectivity index (χ4n) is 2.43. The summed E-state index contributed by atoms with van der Waals surface area (Å²) in [5.41, 5.74) is 0.574. The second-order valence-electron chi connectivity index (χ2n) is 5.78. The quantitative estimate of drug-likeness (QED) is 0.412. The van der Waals surface area contributed by atoms with Gasteiger partial charge in [0.15, 0.2) is 0 Å². The molecule has 0 saturated heterocycles. The van der Waals surface area contributed by atoms with E-state index in [1.807, 2.05) is 0 Å². The molecule has 3 rings (SSSR count). The highest BCUT2D eigenvalue weighted by atomic mass is 35.5. The minimum absolute atomic E-state index is 0.0772. The maximum Gasteiger partial charge on any atom is 0.335 e. The molecule has 3 aromatic rings. The number of anilines is 1. The van der Waals surface area contributed by atoms with Crippen molar-refractivity contribution in [3.05, 3.63) is 88.9 Å². The third kappa shape index (κ3) is 6.06. The van der Waals surface area contributed by atoms with E-state index >= 15 is 0 Å². The molecule has 6 heteroatoms. The first kappa shape index (κ1) is 12.0. The van der Waals surface area contributed by atoms with Gasteiger partial charge in [0.2, 0.25) is 0 Å². The molecule has 0 aliphatic rings. The van der Waals surface area contributed by atoms with Crippen LogP contribution >= 0.6 is 11.6 Å². The molecule has 4 N–H and O–H groups in total. The summed E-state index contributed by atoms with van der Waals surface area (Å²) in [7, 11) is 0. The zero-order valence-electron chi connectivity index (χ0n) is 24.0. The van der Waals surface area contributed by atoms with Crippen molar-refractivity contribution in [2.45, 2.75) is 6.08 Å². The Labute approximate surface area is 187 Å². The molecule has 1 atom stereocenters. The highest BCUT2D eigenvalue weighted by molar-refractivity contribution is 6.30. The first-order valence-corrected chi connectivity index (χ1v) is 8.82. The Hall–Kier alpha value is -2.86. The summed E-state index contributed by atoms with van der Waals surface area (Å²) in [4.78, 5) is 11.3. The first-order chi connectivity index (χ1) is 17.5. The van der Waals surface area contributed by atoms with Gasteiger partial charge in [0.05, 0.1) is 21.2 Å². The Morgan fingerprint density at radius 2 is 1.97 bits per heavy atom. The number of carbonyl (C=O) groups is 1. The van der Waals surface area contributed by atoms with Crippen molar-refractivity contribution >= 4 is 23.3 Å².